The molecule has 2 aliphatic rings. The van der Waals surface area contributed by atoms with Crippen molar-refractivity contribution in [3.05, 3.63) is 30.1 Å². The summed E-state index contributed by atoms with van der Waals surface area (Å²) in [5.74, 6) is -0.644. The van der Waals surface area contributed by atoms with Crippen LogP contribution in [0.25, 0.3) is 0 Å². The maximum absolute atomic E-state index is 13.4. The number of hydrogen-bond donors (Lipinski definition) is 1. The number of hydrogen-bond acceptors (Lipinski definition) is 4. The van der Waals surface area contributed by atoms with E-state index in [1.165, 1.54) is 22.5 Å². The molecular formula is C18H25FN2O4S. The van der Waals surface area contributed by atoms with Crippen molar-refractivity contribution in [2.45, 2.75) is 49.6 Å². The number of nitrogens with one attached hydrogen (secondary N) is 1. The van der Waals surface area contributed by atoms with Crippen molar-refractivity contribution in [3.8, 4) is 0 Å². The predicted molar refractivity (Wildman–Crippen MR) is 94.5 cm³/mol. The van der Waals surface area contributed by atoms with Crippen molar-refractivity contribution in [1.29, 1.82) is 0 Å². The molecule has 2 fully saturated rings. The molecule has 8 heteroatoms. The number of carbonyl (C=O) groups excluding carboxylic acids is 1. The molecule has 144 valence electrons. The minimum Gasteiger partial charge on any atom is -0.373 e. The van der Waals surface area contributed by atoms with Crippen LogP contribution in [-0.2, 0) is 19.6 Å². The first-order valence-electron chi connectivity index (χ1n) is 8.92. The number of nitrogens with zero attached hydrogens (tertiary/aromatic N) is 1. The summed E-state index contributed by atoms with van der Waals surface area (Å²) in [7, 11) is -3.71. The molecule has 0 radical (unpaired) electrons. The Hall–Kier alpha value is -1.51. The number of halogens is 1. The second-order valence-corrected chi connectivity index (χ2v) is 9.36. The van der Waals surface area contributed by atoms with Crippen molar-refractivity contribution in [2.75, 3.05) is 19.7 Å². The summed E-state index contributed by atoms with van der Waals surface area (Å²) in [6.45, 7) is 4.79. The fourth-order valence-electron chi connectivity index (χ4n) is 3.56. The van der Waals surface area contributed by atoms with Crippen LogP contribution in [0.3, 0.4) is 0 Å². The molecule has 1 N–H and O–H groups in total. The van der Waals surface area contributed by atoms with Gasteiger partial charge in [-0.25, -0.2) is 12.8 Å². The van der Waals surface area contributed by atoms with Gasteiger partial charge in [0.2, 0.25) is 15.9 Å². The molecular weight excluding hydrogens is 359 g/mol. The summed E-state index contributed by atoms with van der Waals surface area (Å²) >= 11 is 0. The predicted octanol–water partition coefficient (Wildman–Crippen LogP) is 1.91. The summed E-state index contributed by atoms with van der Waals surface area (Å²) < 4.78 is 46.1. The third kappa shape index (κ3) is 3.92. The van der Waals surface area contributed by atoms with E-state index in [4.69, 9.17) is 4.74 Å². The van der Waals surface area contributed by atoms with E-state index < -0.39 is 15.8 Å². The van der Waals surface area contributed by atoms with E-state index in [2.05, 4.69) is 5.32 Å². The molecule has 2 aliphatic heterocycles. The second-order valence-electron chi connectivity index (χ2n) is 7.42. The van der Waals surface area contributed by atoms with Crippen molar-refractivity contribution in [3.63, 3.8) is 0 Å². The van der Waals surface area contributed by atoms with E-state index in [1.807, 2.05) is 13.8 Å². The number of benzene rings is 1. The van der Waals surface area contributed by atoms with E-state index in [0.717, 1.165) is 6.07 Å². The van der Waals surface area contributed by atoms with Gasteiger partial charge in [0.15, 0.2) is 0 Å². The number of ether oxygens (including phenoxy) is 1. The summed E-state index contributed by atoms with van der Waals surface area (Å²) in [5, 5.41) is 2.99. The molecule has 6 nitrogen and oxygen atoms in total. The van der Waals surface area contributed by atoms with Crippen LogP contribution >= 0.6 is 0 Å². The van der Waals surface area contributed by atoms with Gasteiger partial charge in [0.05, 0.1) is 23.1 Å². The van der Waals surface area contributed by atoms with Crippen molar-refractivity contribution >= 4 is 15.9 Å². The molecule has 2 heterocycles. The Morgan fingerprint density at radius 2 is 2.04 bits per heavy atom. The average molecular weight is 384 g/mol. The van der Waals surface area contributed by atoms with Gasteiger partial charge in [-0.05, 0) is 37.5 Å². The van der Waals surface area contributed by atoms with Crippen molar-refractivity contribution in [1.82, 2.24) is 9.62 Å². The molecule has 1 amide bonds. The third-order valence-electron chi connectivity index (χ3n) is 5.15. The number of carbonyl (C=O) groups is 1. The molecule has 0 bridgehead atoms. The molecule has 1 aromatic rings. The fraction of sp³-hybridized carbons (Fsp3) is 0.611. The maximum Gasteiger partial charge on any atom is 0.243 e. The van der Waals surface area contributed by atoms with Gasteiger partial charge in [-0.2, -0.15) is 4.31 Å². The van der Waals surface area contributed by atoms with Gasteiger partial charge in [0, 0.05) is 19.0 Å². The Morgan fingerprint density at radius 3 is 2.65 bits per heavy atom. The molecule has 3 rings (SSSR count). The first kappa shape index (κ1) is 19.3. The minimum absolute atomic E-state index is 0.00164. The number of rotatable bonds is 4. The van der Waals surface area contributed by atoms with Gasteiger partial charge < -0.3 is 10.1 Å². The lowest BCUT2D eigenvalue weighted by atomic mass is 9.88. The summed E-state index contributed by atoms with van der Waals surface area (Å²) in [6.07, 6.45) is 1.82. The highest BCUT2D eigenvalue weighted by atomic mass is 32.2. The first-order chi connectivity index (χ1) is 12.2. The quantitative estimate of drug-likeness (QED) is 0.860. The highest BCUT2D eigenvalue weighted by Gasteiger charge is 2.45. The normalized spacial score (nSPS) is 23.5. The zero-order valence-corrected chi connectivity index (χ0v) is 15.9. The van der Waals surface area contributed by atoms with E-state index in [0.29, 0.717) is 39.0 Å². The largest absolute Gasteiger partial charge is 0.373 e. The average Bonchev–Trinajstić information content (AvgIpc) is 2.97. The second kappa shape index (κ2) is 7.25. The Morgan fingerprint density at radius 1 is 1.35 bits per heavy atom. The van der Waals surface area contributed by atoms with E-state index in [1.54, 1.807) is 0 Å². The maximum atomic E-state index is 13.4. The Bertz CT molecular complexity index is 773. The summed E-state index contributed by atoms with van der Waals surface area (Å²) in [6, 6.07) is 5.05. The molecule has 0 aromatic heterocycles. The molecule has 0 saturated carbocycles. The molecule has 26 heavy (non-hydrogen) atoms. The van der Waals surface area contributed by atoms with Crippen molar-refractivity contribution in [2.24, 2.45) is 5.92 Å². The Kier molecular flexibility index (Phi) is 5.37. The zero-order valence-electron chi connectivity index (χ0n) is 15.1. The van der Waals surface area contributed by atoms with Crippen LogP contribution in [0.15, 0.2) is 29.2 Å². The van der Waals surface area contributed by atoms with Crippen LogP contribution in [-0.4, -0.2) is 50.0 Å². The third-order valence-corrected chi connectivity index (χ3v) is 7.04. The highest BCUT2D eigenvalue weighted by molar-refractivity contribution is 7.89. The molecule has 1 spiro atoms. The van der Waals surface area contributed by atoms with E-state index in [-0.39, 0.29) is 28.4 Å². The lowest BCUT2D eigenvalue weighted by Crippen LogP contribution is -2.47. The number of piperidine rings is 1. The standard InChI is InChI=1S/C18H25FN2O4S/c1-13(2)17(22)20-15-11-18(25-12-15)6-8-21(9-7-18)26(23,24)16-5-3-4-14(19)10-16/h3-5,10,13,15H,6-9,11-12H2,1-2H3,(H,20,22)/t15-/m0/s1. The van der Waals surface area contributed by atoms with Gasteiger partial charge in [-0.15, -0.1) is 0 Å². The topological polar surface area (TPSA) is 75.7 Å². The molecule has 2 saturated heterocycles. The van der Waals surface area contributed by atoms with Gasteiger partial charge in [-0.3, -0.25) is 4.79 Å². The van der Waals surface area contributed by atoms with Crippen LogP contribution in [0.2, 0.25) is 0 Å². The number of sulfonamides is 1. The number of amides is 1. The minimum atomic E-state index is -3.71. The van der Waals surface area contributed by atoms with Crippen LogP contribution in [0.5, 0.6) is 0 Å². The first-order valence-corrected chi connectivity index (χ1v) is 10.4. The van der Waals surface area contributed by atoms with E-state index >= 15 is 0 Å². The highest BCUT2D eigenvalue weighted by Crippen LogP contribution is 2.37. The van der Waals surface area contributed by atoms with Crippen LogP contribution in [0, 0.1) is 11.7 Å². The summed E-state index contributed by atoms with van der Waals surface area (Å²) in [5.41, 5.74) is -0.386. The smallest absolute Gasteiger partial charge is 0.243 e. The lowest BCUT2D eigenvalue weighted by Gasteiger charge is -2.38. The zero-order chi connectivity index (χ0) is 18.9. The Labute approximate surface area is 153 Å². The summed E-state index contributed by atoms with van der Waals surface area (Å²) in [4.78, 5) is 11.8. The van der Waals surface area contributed by atoms with Crippen LogP contribution in [0.4, 0.5) is 4.39 Å². The van der Waals surface area contributed by atoms with Gasteiger partial charge in [-0.1, -0.05) is 19.9 Å². The SMILES string of the molecule is CC(C)C(=O)N[C@@H]1COC2(CCN(S(=O)(=O)c3cccc(F)c3)CC2)C1. The van der Waals surface area contributed by atoms with Crippen LogP contribution < -0.4 is 5.32 Å². The van der Waals surface area contributed by atoms with Gasteiger partial charge in [0.1, 0.15) is 5.82 Å². The van der Waals surface area contributed by atoms with E-state index in [9.17, 15) is 17.6 Å². The monoisotopic (exact) mass is 384 g/mol. The molecule has 1 atom stereocenters. The fourth-order valence-corrected chi connectivity index (χ4v) is 5.04. The van der Waals surface area contributed by atoms with Gasteiger partial charge in [0.25, 0.3) is 0 Å². The lowest BCUT2D eigenvalue weighted by molar-refractivity contribution is -0.124. The van der Waals surface area contributed by atoms with Crippen molar-refractivity contribution < 1.29 is 22.3 Å². The molecule has 0 unspecified atom stereocenters. The van der Waals surface area contributed by atoms with Gasteiger partial charge >= 0.3 is 0 Å². The van der Waals surface area contributed by atoms with Crippen LogP contribution in [0.1, 0.15) is 33.1 Å². The molecule has 1 aromatic carbocycles. The Balaban J connectivity index is 1.62. The molecule has 0 aliphatic carbocycles.